The fourth-order valence-corrected chi connectivity index (χ4v) is 1.26. The number of carboxylic acids is 1. The van der Waals surface area contributed by atoms with Crippen molar-refractivity contribution in [2.24, 2.45) is 11.7 Å². The van der Waals surface area contributed by atoms with Crippen molar-refractivity contribution < 1.29 is 9.90 Å². The van der Waals surface area contributed by atoms with Gasteiger partial charge in [0.15, 0.2) is 0 Å². The fraction of sp³-hybridized carbons (Fsp3) is 0.857. The summed E-state index contributed by atoms with van der Waals surface area (Å²) in [5.41, 5.74) is 5.37. The van der Waals surface area contributed by atoms with E-state index in [-0.39, 0.29) is 11.2 Å². The van der Waals surface area contributed by atoms with Gasteiger partial charge in [0.05, 0.1) is 0 Å². The number of hydrogen-bond acceptors (Lipinski definition) is 3. The van der Waals surface area contributed by atoms with E-state index in [1.165, 1.54) is 0 Å². The van der Waals surface area contributed by atoms with Gasteiger partial charge in [-0.15, -0.1) is 0 Å². The number of rotatable bonds is 4. The van der Waals surface area contributed by atoms with Gasteiger partial charge in [0, 0.05) is 0 Å². The summed E-state index contributed by atoms with van der Waals surface area (Å²) >= 11 is 4.15. The van der Waals surface area contributed by atoms with Crippen molar-refractivity contribution in [3.63, 3.8) is 0 Å². The number of hydrogen-bond donors (Lipinski definition) is 3. The van der Waals surface area contributed by atoms with Crippen molar-refractivity contribution in [1.29, 1.82) is 0 Å². The Morgan fingerprint density at radius 1 is 1.64 bits per heavy atom. The lowest BCUT2D eigenvalue weighted by Crippen LogP contribution is -2.37. The van der Waals surface area contributed by atoms with E-state index in [9.17, 15) is 4.79 Å². The Morgan fingerprint density at radius 2 is 2.09 bits per heavy atom. The standard InChI is InChI=1S/C7H15NO2S/c1-4(3-5(2)11)6(8)7(9)10/h4-6,11H,3,8H2,1-2H3,(H,9,10). The molecule has 0 fully saturated rings. The first-order chi connectivity index (χ1) is 4.95. The zero-order valence-corrected chi connectivity index (χ0v) is 7.71. The van der Waals surface area contributed by atoms with Gasteiger partial charge < -0.3 is 10.8 Å². The van der Waals surface area contributed by atoms with Crippen LogP contribution in [0.4, 0.5) is 0 Å². The molecule has 0 bridgehead atoms. The maximum absolute atomic E-state index is 10.4. The van der Waals surface area contributed by atoms with Crippen molar-refractivity contribution >= 4 is 18.6 Å². The van der Waals surface area contributed by atoms with Crippen LogP contribution < -0.4 is 5.73 Å². The van der Waals surface area contributed by atoms with Gasteiger partial charge in [-0.3, -0.25) is 4.79 Å². The smallest absolute Gasteiger partial charge is 0.320 e. The van der Waals surface area contributed by atoms with Gasteiger partial charge in [-0.25, -0.2) is 0 Å². The molecule has 4 heteroatoms. The molecule has 3 N–H and O–H groups in total. The molecule has 0 amide bonds. The minimum absolute atomic E-state index is 0.0139. The van der Waals surface area contributed by atoms with Crippen LogP contribution in [0.3, 0.4) is 0 Å². The van der Waals surface area contributed by atoms with E-state index in [2.05, 4.69) is 12.6 Å². The highest BCUT2D eigenvalue weighted by atomic mass is 32.1. The summed E-state index contributed by atoms with van der Waals surface area (Å²) in [6.07, 6.45) is 0.733. The van der Waals surface area contributed by atoms with Crippen LogP contribution in [-0.2, 0) is 4.79 Å². The van der Waals surface area contributed by atoms with Crippen molar-refractivity contribution in [2.75, 3.05) is 0 Å². The Kier molecular flexibility index (Phi) is 4.52. The molecule has 3 nitrogen and oxygen atoms in total. The van der Waals surface area contributed by atoms with E-state index >= 15 is 0 Å². The minimum Gasteiger partial charge on any atom is -0.480 e. The topological polar surface area (TPSA) is 63.3 Å². The van der Waals surface area contributed by atoms with Crippen molar-refractivity contribution in [3.8, 4) is 0 Å². The van der Waals surface area contributed by atoms with Crippen LogP contribution >= 0.6 is 12.6 Å². The molecule has 0 aliphatic rings. The van der Waals surface area contributed by atoms with E-state index in [4.69, 9.17) is 10.8 Å². The quantitative estimate of drug-likeness (QED) is 0.555. The Bertz CT molecular complexity index is 138. The first kappa shape index (κ1) is 10.8. The largest absolute Gasteiger partial charge is 0.480 e. The molecule has 0 saturated carbocycles. The summed E-state index contributed by atoms with van der Waals surface area (Å²) < 4.78 is 0. The third-order valence-corrected chi connectivity index (χ3v) is 1.82. The number of nitrogens with two attached hydrogens (primary N) is 1. The van der Waals surface area contributed by atoms with Crippen LogP contribution in [0.1, 0.15) is 20.3 Å². The first-order valence-corrected chi connectivity index (χ1v) is 4.13. The molecular formula is C7H15NO2S. The van der Waals surface area contributed by atoms with Crippen LogP contribution in [0.25, 0.3) is 0 Å². The van der Waals surface area contributed by atoms with Crippen LogP contribution in [-0.4, -0.2) is 22.4 Å². The molecule has 66 valence electrons. The number of carbonyl (C=O) groups is 1. The predicted octanol–water partition coefficient (Wildman–Crippen LogP) is 0.743. The maximum Gasteiger partial charge on any atom is 0.320 e. The zero-order chi connectivity index (χ0) is 9.02. The summed E-state index contributed by atoms with van der Waals surface area (Å²) in [5.74, 6) is -0.952. The lowest BCUT2D eigenvalue weighted by atomic mass is 9.98. The molecule has 0 spiro atoms. The highest BCUT2D eigenvalue weighted by Crippen LogP contribution is 2.12. The molecule has 0 aromatic rings. The maximum atomic E-state index is 10.4. The Hall–Kier alpha value is -0.220. The highest BCUT2D eigenvalue weighted by Gasteiger charge is 2.20. The molecule has 3 unspecified atom stereocenters. The van der Waals surface area contributed by atoms with Gasteiger partial charge in [-0.2, -0.15) is 12.6 Å². The highest BCUT2D eigenvalue weighted by molar-refractivity contribution is 7.80. The molecular weight excluding hydrogens is 162 g/mol. The summed E-state index contributed by atoms with van der Waals surface area (Å²) in [6.45, 7) is 3.75. The van der Waals surface area contributed by atoms with E-state index in [1.54, 1.807) is 0 Å². The monoisotopic (exact) mass is 177 g/mol. The van der Waals surface area contributed by atoms with Crippen LogP contribution in [0.5, 0.6) is 0 Å². The first-order valence-electron chi connectivity index (χ1n) is 3.61. The van der Waals surface area contributed by atoms with Crippen LogP contribution in [0.2, 0.25) is 0 Å². The summed E-state index contributed by atoms with van der Waals surface area (Å²) in [6, 6.07) is -0.760. The summed E-state index contributed by atoms with van der Waals surface area (Å²) in [7, 11) is 0. The fourth-order valence-electron chi connectivity index (χ4n) is 0.928. The van der Waals surface area contributed by atoms with Gasteiger partial charge in [0.2, 0.25) is 0 Å². The van der Waals surface area contributed by atoms with Crippen molar-refractivity contribution in [1.82, 2.24) is 0 Å². The molecule has 0 rings (SSSR count). The Morgan fingerprint density at radius 3 is 2.36 bits per heavy atom. The third kappa shape index (κ3) is 4.27. The molecule has 0 radical (unpaired) electrons. The van der Waals surface area contributed by atoms with Crippen molar-refractivity contribution in [3.05, 3.63) is 0 Å². The van der Waals surface area contributed by atoms with E-state index in [0.29, 0.717) is 0 Å². The summed E-state index contributed by atoms with van der Waals surface area (Å²) in [5, 5.41) is 8.72. The second-order valence-corrected chi connectivity index (χ2v) is 3.81. The zero-order valence-electron chi connectivity index (χ0n) is 6.82. The number of thiol groups is 1. The lowest BCUT2D eigenvalue weighted by Gasteiger charge is -2.16. The van der Waals surface area contributed by atoms with E-state index < -0.39 is 12.0 Å². The third-order valence-electron chi connectivity index (χ3n) is 1.61. The normalized spacial score (nSPS) is 18.9. The molecule has 11 heavy (non-hydrogen) atoms. The van der Waals surface area contributed by atoms with E-state index in [0.717, 1.165) is 6.42 Å². The van der Waals surface area contributed by atoms with Crippen LogP contribution in [0, 0.1) is 5.92 Å². The molecule has 0 aliphatic heterocycles. The molecule has 0 saturated heterocycles. The van der Waals surface area contributed by atoms with Crippen LogP contribution in [0.15, 0.2) is 0 Å². The van der Waals surface area contributed by atoms with Gasteiger partial charge in [0.1, 0.15) is 6.04 Å². The number of carboxylic acid groups (broad SMARTS) is 1. The van der Waals surface area contributed by atoms with E-state index in [1.807, 2.05) is 13.8 Å². The van der Waals surface area contributed by atoms with Gasteiger partial charge in [-0.05, 0) is 17.6 Å². The summed E-state index contributed by atoms with van der Waals surface area (Å²) in [4.78, 5) is 10.4. The molecule has 0 aromatic carbocycles. The van der Waals surface area contributed by atoms with Gasteiger partial charge >= 0.3 is 5.97 Å². The Balaban J connectivity index is 3.82. The van der Waals surface area contributed by atoms with Gasteiger partial charge in [-0.1, -0.05) is 13.8 Å². The molecule has 0 aromatic heterocycles. The minimum atomic E-state index is -0.938. The predicted molar refractivity (Wildman–Crippen MR) is 47.8 cm³/mol. The molecule has 0 aliphatic carbocycles. The average molecular weight is 177 g/mol. The van der Waals surface area contributed by atoms with Gasteiger partial charge in [0.25, 0.3) is 0 Å². The van der Waals surface area contributed by atoms with Crippen molar-refractivity contribution in [2.45, 2.75) is 31.6 Å². The second kappa shape index (κ2) is 4.62. The molecule has 3 atom stereocenters. The lowest BCUT2D eigenvalue weighted by molar-refractivity contribution is -0.139. The second-order valence-electron chi connectivity index (χ2n) is 2.93. The molecule has 0 heterocycles. The number of aliphatic carboxylic acids is 1. The SMILES string of the molecule is CC(S)CC(C)C(N)C(=O)O. The Labute approximate surface area is 72.4 Å². The average Bonchev–Trinajstić information content (AvgIpc) is 1.84.